The molecule has 0 aliphatic rings. The molecule has 11 heteroatoms. The van der Waals surface area contributed by atoms with Crippen LogP contribution in [0.2, 0.25) is 0 Å². The molecule has 0 bridgehead atoms. The highest BCUT2D eigenvalue weighted by Crippen LogP contribution is 2.33. The minimum Gasteiger partial charge on any atom is -0.354 e. The van der Waals surface area contributed by atoms with E-state index in [1.54, 1.807) is 26.0 Å². The van der Waals surface area contributed by atoms with E-state index < -0.39 is 40.3 Å². The normalized spacial score (nSPS) is 12.4. The Labute approximate surface area is 251 Å². The first-order valence-corrected chi connectivity index (χ1v) is 15.6. The predicted octanol–water partition coefficient (Wildman–Crippen LogP) is 6.24. The molecule has 0 saturated heterocycles. The number of halogens is 3. The largest absolute Gasteiger partial charge is 0.416 e. The summed E-state index contributed by atoms with van der Waals surface area (Å²) in [5.74, 6) is -1.12. The number of carbonyl (C=O) groups is 2. The summed E-state index contributed by atoms with van der Waals surface area (Å²) in [5, 5.41) is 2.85. The summed E-state index contributed by atoms with van der Waals surface area (Å²) in [5.41, 5.74) is 1.11. The number of hydrogen-bond donors (Lipinski definition) is 1. The van der Waals surface area contributed by atoms with Crippen molar-refractivity contribution < 1.29 is 31.2 Å². The summed E-state index contributed by atoms with van der Waals surface area (Å²) in [6, 6.07) is 16.1. The molecule has 0 aromatic heterocycles. The van der Waals surface area contributed by atoms with Crippen molar-refractivity contribution in [3.05, 3.63) is 95.1 Å². The van der Waals surface area contributed by atoms with Crippen molar-refractivity contribution in [2.45, 2.75) is 70.6 Å². The molecule has 7 nitrogen and oxygen atoms in total. The zero-order chi connectivity index (χ0) is 31.8. The van der Waals surface area contributed by atoms with E-state index in [2.05, 4.69) is 5.32 Å². The van der Waals surface area contributed by atoms with E-state index >= 15 is 0 Å². The second kappa shape index (κ2) is 14.5. The van der Waals surface area contributed by atoms with Crippen LogP contribution in [0.25, 0.3) is 0 Å². The summed E-state index contributed by atoms with van der Waals surface area (Å²) in [7, 11) is -4.49. The van der Waals surface area contributed by atoms with Gasteiger partial charge in [0, 0.05) is 13.1 Å². The van der Waals surface area contributed by atoms with E-state index in [9.17, 15) is 31.2 Å². The number of nitrogens with zero attached hydrogens (tertiary/aromatic N) is 2. The third-order valence-electron chi connectivity index (χ3n) is 7.04. The van der Waals surface area contributed by atoms with E-state index in [4.69, 9.17) is 0 Å². The van der Waals surface area contributed by atoms with Crippen LogP contribution in [-0.2, 0) is 32.3 Å². The van der Waals surface area contributed by atoms with E-state index in [0.717, 1.165) is 36.1 Å². The molecule has 0 aliphatic carbocycles. The summed E-state index contributed by atoms with van der Waals surface area (Å²) in [4.78, 5) is 28.4. The lowest BCUT2D eigenvalue weighted by atomic mass is 10.1. The van der Waals surface area contributed by atoms with Crippen molar-refractivity contribution in [2.24, 2.45) is 0 Å². The van der Waals surface area contributed by atoms with Crippen LogP contribution in [-0.4, -0.2) is 44.3 Å². The number of carbonyl (C=O) groups excluding carboxylic acids is 2. The van der Waals surface area contributed by atoms with Gasteiger partial charge in [-0.15, -0.1) is 0 Å². The van der Waals surface area contributed by atoms with Gasteiger partial charge in [0.1, 0.15) is 12.6 Å². The monoisotopic (exact) mass is 617 g/mol. The molecular formula is C32H38F3N3O4S. The van der Waals surface area contributed by atoms with E-state index in [1.165, 1.54) is 23.1 Å². The van der Waals surface area contributed by atoms with Crippen LogP contribution in [0.5, 0.6) is 0 Å². The van der Waals surface area contributed by atoms with Crippen LogP contribution >= 0.6 is 0 Å². The Bertz CT molecular complexity index is 1490. The molecule has 3 aromatic carbocycles. The van der Waals surface area contributed by atoms with E-state index in [0.29, 0.717) is 22.5 Å². The van der Waals surface area contributed by atoms with Crippen molar-refractivity contribution in [2.75, 3.05) is 17.4 Å². The third kappa shape index (κ3) is 8.82. The summed E-state index contributed by atoms with van der Waals surface area (Å²) >= 11 is 0. The Morgan fingerprint density at radius 1 is 0.907 bits per heavy atom. The number of unbranched alkanes of at least 4 members (excludes halogenated alkanes) is 1. The van der Waals surface area contributed by atoms with Crippen molar-refractivity contribution in [1.82, 2.24) is 10.2 Å². The standard InChI is InChI=1S/C32H38F3N3O4S/c1-5-7-19-36-31(40)29(6-2)37(21-25-15-11-23(3)12-16-25)30(39)22-38(27-10-8-9-26(20-27)32(33,34)35)43(41,42)28-17-13-24(4)14-18-28/h8-18,20,29H,5-7,19,21-22H2,1-4H3,(H,36,40)/t29-/m1/s1. The first kappa shape index (κ1) is 33.6. The Hall–Kier alpha value is -3.86. The summed E-state index contributed by atoms with van der Waals surface area (Å²) < 4.78 is 69.4. The number of sulfonamides is 1. The van der Waals surface area contributed by atoms with Crippen LogP contribution in [0, 0.1) is 13.8 Å². The average Bonchev–Trinajstić information content (AvgIpc) is 2.96. The number of aryl methyl sites for hydroxylation is 2. The topological polar surface area (TPSA) is 86.8 Å². The summed E-state index contributed by atoms with van der Waals surface area (Å²) in [6.07, 6.45) is -2.90. The van der Waals surface area contributed by atoms with Crippen molar-refractivity contribution >= 4 is 27.5 Å². The van der Waals surface area contributed by atoms with E-state index in [1.807, 2.05) is 38.1 Å². The van der Waals surface area contributed by atoms with Gasteiger partial charge in [-0.3, -0.25) is 13.9 Å². The van der Waals surface area contributed by atoms with Crippen molar-refractivity contribution in [3.8, 4) is 0 Å². The van der Waals surface area contributed by atoms with Gasteiger partial charge in [0.15, 0.2) is 0 Å². The molecule has 0 fully saturated rings. The molecule has 3 aromatic rings. The molecule has 0 aliphatic heterocycles. The predicted molar refractivity (Wildman–Crippen MR) is 161 cm³/mol. The second-order valence-electron chi connectivity index (χ2n) is 10.4. The number of amides is 2. The molecule has 3 rings (SSSR count). The molecule has 0 spiro atoms. The molecule has 1 N–H and O–H groups in total. The minimum atomic E-state index is -4.74. The van der Waals surface area contributed by atoms with Crippen LogP contribution in [0.15, 0.2) is 77.7 Å². The van der Waals surface area contributed by atoms with Crippen LogP contribution in [0.3, 0.4) is 0 Å². The Morgan fingerprint density at radius 2 is 1.51 bits per heavy atom. The highest BCUT2D eigenvalue weighted by atomic mass is 32.2. The lowest BCUT2D eigenvalue weighted by Gasteiger charge is -2.33. The highest BCUT2D eigenvalue weighted by Gasteiger charge is 2.36. The third-order valence-corrected chi connectivity index (χ3v) is 8.83. The van der Waals surface area contributed by atoms with Crippen molar-refractivity contribution in [3.63, 3.8) is 0 Å². The number of benzene rings is 3. The maximum atomic E-state index is 14.1. The smallest absolute Gasteiger partial charge is 0.354 e. The Morgan fingerprint density at radius 3 is 2.07 bits per heavy atom. The quantitative estimate of drug-likeness (QED) is 0.230. The number of rotatable bonds is 13. The van der Waals surface area contributed by atoms with E-state index in [-0.39, 0.29) is 29.5 Å². The molecule has 0 unspecified atom stereocenters. The number of anilines is 1. The van der Waals surface area contributed by atoms with Gasteiger partial charge in [-0.25, -0.2) is 8.42 Å². The minimum absolute atomic E-state index is 0.000171. The zero-order valence-corrected chi connectivity index (χ0v) is 25.6. The average molecular weight is 618 g/mol. The van der Waals surface area contributed by atoms with Crippen LogP contribution in [0.4, 0.5) is 18.9 Å². The first-order chi connectivity index (χ1) is 20.3. The van der Waals surface area contributed by atoms with Crippen LogP contribution in [0.1, 0.15) is 55.4 Å². The Kier molecular flexibility index (Phi) is 11.4. The molecule has 0 saturated carbocycles. The molecule has 0 heterocycles. The number of nitrogens with one attached hydrogen (secondary N) is 1. The van der Waals surface area contributed by atoms with Gasteiger partial charge >= 0.3 is 6.18 Å². The van der Waals surface area contributed by atoms with Gasteiger partial charge in [-0.2, -0.15) is 13.2 Å². The van der Waals surface area contributed by atoms with Gasteiger partial charge in [-0.05, 0) is 62.6 Å². The molecule has 2 amide bonds. The van der Waals surface area contributed by atoms with Crippen molar-refractivity contribution in [1.29, 1.82) is 0 Å². The SMILES string of the molecule is CCCCNC(=O)[C@@H](CC)N(Cc1ccc(C)cc1)C(=O)CN(c1cccc(C(F)(F)F)c1)S(=O)(=O)c1ccc(C)cc1. The lowest BCUT2D eigenvalue weighted by Crippen LogP contribution is -2.52. The number of hydrogen-bond acceptors (Lipinski definition) is 4. The maximum absolute atomic E-state index is 14.1. The second-order valence-corrected chi connectivity index (χ2v) is 12.3. The molecule has 232 valence electrons. The zero-order valence-electron chi connectivity index (χ0n) is 24.8. The molecular weight excluding hydrogens is 579 g/mol. The fraction of sp³-hybridized carbons (Fsp3) is 0.375. The molecule has 43 heavy (non-hydrogen) atoms. The fourth-order valence-corrected chi connectivity index (χ4v) is 5.93. The maximum Gasteiger partial charge on any atom is 0.416 e. The van der Waals surface area contributed by atoms with Gasteiger partial charge in [0.05, 0.1) is 16.1 Å². The van der Waals surface area contributed by atoms with Gasteiger partial charge < -0.3 is 10.2 Å². The lowest BCUT2D eigenvalue weighted by molar-refractivity contribution is -0.140. The summed E-state index contributed by atoms with van der Waals surface area (Å²) in [6.45, 7) is 6.99. The molecule has 1 atom stereocenters. The molecule has 0 radical (unpaired) electrons. The van der Waals surface area contributed by atoms with Gasteiger partial charge in [-0.1, -0.05) is 73.9 Å². The van der Waals surface area contributed by atoms with Gasteiger partial charge in [0.2, 0.25) is 11.8 Å². The Balaban J connectivity index is 2.09. The highest BCUT2D eigenvalue weighted by molar-refractivity contribution is 7.92. The fourth-order valence-electron chi connectivity index (χ4n) is 4.52. The van der Waals surface area contributed by atoms with Gasteiger partial charge in [0.25, 0.3) is 10.0 Å². The van der Waals surface area contributed by atoms with Crippen LogP contribution < -0.4 is 9.62 Å². The first-order valence-electron chi connectivity index (χ1n) is 14.2. The number of alkyl halides is 3.